The van der Waals surface area contributed by atoms with E-state index in [0.717, 1.165) is 12.1 Å². The number of hydrogen-bond donors (Lipinski definition) is 1. The molecule has 0 aliphatic carbocycles. The van der Waals surface area contributed by atoms with Crippen LogP contribution in [0.3, 0.4) is 0 Å². The number of para-hydroxylation sites is 1. The molecule has 1 heterocycles. The maximum absolute atomic E-state index is 13.3. The Morgan fingerprint density at radius 3 is 2.27 bits per heavy atom. The summed E-state index contributed by atoms with van der Waals surface area (Å²) in [5.74, 6) is -3.71. The zero-order valence-corrected chi connectivity index (χ0v) is 16.5. The lowest BCUT2D eigenvalue weighted by molar-refractivity contribution is -0.123. The van der Waals surface area contributed by atoms with Crippen molar-refractivity contribution >= 4 is 17.6 Å². The van der Waals surface area contributed by atoms with Gasteiger partial charge >= 0.3 is 5.97 Å². The number of nitrogens with zero attached hydrogens (tertiary/aromatic N) is 2. The van der Waals surface area contributed by atoms with Crippen molar-refractivity contribution in [2.45, 2.75) is 20.0 Å². The molecule has 156 valence electrons. The van der Waals surface area contributed by atoms with Crippen LogP contribution in [0, 0.1) is 18.6 Å². The monoisotopic (exact) mass is 415 g/mol. The van der Waals surface area contributed by atoms with Gasteiger partial charge in [0, 0.05) is 13.1 Å². The second kappa shape index (κ2) is 8.32. The van der Waals surface area contributed by atoms with Gasteiger partial charge in [0.15, 0.2) is 6.10 Å². The van der Waals surface area contributed by atoms with Gasteiger partial charge in [-0.25, -0.2) is 18.3 Å². The fourth-order valence-corrected chi connectivity index (χ4v) is 2.89. The molecule has 7 nitrogen and oxygen atoms in total. The topological polar surface area (TPSA) is 82.3 Å². The molecule has 0 spiro atoms. The van der Waals surface area contributed by atoms with Crippen LogP contribution < -0.4 is 10.9 Å². The van der Waals surface area contributed by atoms with Crippen molar-refractivity contribution in [3.8, 4) is 5.69 Å². The Bertz CT molecular complexity index is 1150. The van der Waals surface area contributed by atoms with E-state index in [1.807, 2.05) is 6.07 Å². The van der Waals surface area contributed by atoms with Gasteiger partial charge in [-0.1, -0.05) is 18.2 Å². The molecule has 3 aromatic rings. The maximum atomic E-state index is 13.3. The van der Waals surface area contributed by atoms with Crippen LogP contribution in [-0.4, -0.2) is 27.3 Å². The van der Waals surface area contributed by atoms with E-state index in [0.29, 0.717) is 17.4 Å². The lowest BCUT2D eigenvalue weighted by Gasteiger charge is -2.13. The molecule has 9 heteroatoms. The lowest BCUT2D eigenvalue weighted by atomic mass is 10.2. The number of anilines is 1. The minimum Gasteiger partial charge on any atom is -0.449 e. The van der Waals surface area contributed by atoms with Crippen LogP contribution in [0.5, 0.6) is 0 Å². The summed E-state index contributed by atoms with van der Waals surface area (Å²) in [6.07, 6.45) is -1.31. The molecule has 0 fully saturated rings. The second-order valence-corrected chi connectivity index (χ2v) is 6.63. The van der Waals surface area contributed by atoms with E-state index in [-0.39, 0.29) is 11.3 Å². The van der Waals surface area contributed by atoms with Crippen LogP contribution in [0.4, 0.5) is 14.5 Å². The van der Waals surface area contributed by atoms with Gasteiger partial charge < -0.3 is 10.1 Å². The molecule has 0 bridgehead atoms. The largest absolute Gasteiger partial charge is 0.449 e. The third kappa shape index (κ3) is 4.14. The fourth-order valence-electron chi connectivity index (χ4n) is 2.89. The van der Waals surface area contributed by atoms with E-state index in [1.165, 1.54) is 11.6 Å². The number of amides is 1. The van der Waals surface area contributed by atoms with Crippen LogP contribution in [0.1, 0.15) is 23.0 Å². The second-order valence-electron chi connectivity index (χ2n) is 6.63. The Morgan fingerprint density at radius 2 is 1.67 bits per heavy atom. The van der Waals surface area contributed by atoms with Crippen LogP contribution in [0.2, 0.25) is 0 Å². The third-order valence-corrected chi connectivity index (χ3v) is 4.55. The average molecular weight is 415 g/mol. The number of rotatable bonds is 5. The first-order chi connectivity index (χ1) is 14.2. The SMILES string of the molecule is Cc1c(NC(=O)[C@H](C)OC(=O)c2cc(F)cc(F)c2)c(=O)n(-c2ccccc2)n1C. The predicted molar refractivity (Wildman–Crippen MR) is 106 cm³/mol. The van der Waals surface area contributed by atoms with E-state index >= 15 is 0 Å². The number of hydrogen-bond acceptors (Lipinski definition) is 4. The van der Waals surface area contributed by atoms with Crippen molar-refractivity contribution in [2.24, 2.45) is 7.05 Å². The molecule has 0 aliphatic heterocycles. The Morgan fingerprint density at radius 1 is 1.07 bits per heavy atom. The molecule has 0 unspecified atom stereocenters. The highest BCUT2D eigenvalue weighted by atomic mass is 19.1. The van der Waals surface area contributed by atoms with Crippen molar-refractivity contribution in [3.05, 3.63) is 81.8 Å². The first-order valence-corrected chi connectivity index (χ1v) is 9.01. The normalized spacial score (nSPS) is 11.8. The number of nitrogens with one attached hydrogen (secondary N) is 1. The molecule has 30 heavy (non-hydrogen) atoms. The van der Waals surface area contributed by atoms with Crippen molar-refractivity contribution in [1.29, 1.82) is 0 Å². The molecule has 0 aliphatic rings. The molecular weight excluding hydrogens is 396 g/mol. The van der Waals surface area contributed by atoms with Crippen LogP contribution in [-0.2, 0) is 16.6 Å². The van der Waals surface area contributed by atoms with Gasteiger partial charge in [-0.2, -0.15) is 0 Å². The van der Waals surface area contributed by atoms with Crippen LogP contribution in [0.15, 0.2) is 53.3 Å². The molecule has 0 saturated carbocycles. The minimum absolute atomic E-state index is 0.0334. The zero-order chi connectivity index (χ0) is 22.0. The Kier molecular flexibility index (Phi) is 5.81. The first-order valence-electron chi connectivity index (χ1n) is 9.01. The number of carbonyl (C=O) groups is 2. The highest BCUT2D eigenvalue weighted by Crippen LogP contribution is 2.15. The Hall–Kier alpha value is -3.75. The molecule has 3 rings (SSSR count). The van der Waals surface area contributed by atoms with Crippen molar-refractivity contribution in [1.82, 2.24) is 9.36 Å². The average Bonchev–Trinajstić information content (AvgIpc) is 2.91. The van der Waals surface area contributed by atoms with Gasteiger partial charge in [0.25, 0.3) is 11.5 Å². The molecule has 1 amide bonds. The molecule has 1 N–H and O–H groups in total. The highest BCUT2D eigenvalue weighted by Gasteiger charge is 2.24. The van der Waals surface area contributed by atoms with Crippen molar-refractivity contribution < 1.29 is 23.1 Å². The van der Waals surface area contributed by atoms with Gasteiger partial charge in [0.2, 0.25) is 0 Å². The smallest absolute Gasteiger partial charge is 0.339 e. The quantitative estimate of drug-likeness (QED) is 0.650. The fraction of sp³-hybridized carbons (Fsp3) is 0.190. The first kappa shape index (κ1) is 21.0. The van der Waals surface area contributed by atoms with Gasteiger partial charge in [-0.05, 0) is 38.1 Å². The van der Waals surface area contributed by atoms with Crippen molar-refractivity contribution in [2.75, 3.05) is 5.32 Å². The third-order valence-electron chi connectivity index (χ3n) is 4.55. The Balaban J connectivity index is 1.79. The van der Waals surface area contributed by atoms with E-state index in [9.17, 15) is 23.2 Å². The van der Waals surface area contributed by atoms with E-state index in [1.54, 1.807) is 42.9 Å². The number of carbonyl (C=O) groups excluding carboxylic acids is 2. The number of halogens is 2. The van der Waals surface area contributed by atoms with Gasteiger partial charge in [-0.15, -0.1) is 0 Å². The number of aromatic nitrogens is 2. The summed E-state index contributed by atoms with van der Waals surface area (Å²) in [5.41, 5.74) is 0.310. The number of benzene rings is 2. The van der Waals surface area contributed by atoms with Gasteiger partial charge in [0.05, 0.1) is 16.9 Å². The lowest BCUT2D eigenvalue weighted by Crippen LogP contribution is -2.32. The Labute approximate surface area is 170 Å². The molecule has 0 saturated heterocycles. The van der Waals surface area contributed by atoms with E-state index < -0.39 is 35.2 Å². The van der Waals surface area contributed by atoms with E-state index in [4.69, 9.17) is 4.74 Å². The van der Waals surface area contributed by atoms with E-state index in [2.05, 4.69) is 5.32 Å². The molecule has 2 aromatic carbocycles. The molecular formula is C21H19F2N3O4. The predicted octanol–water partition coefficient (Wildman–Crippen LogP) is 2.95. The summed E-state index contributed by atoms with van der Waals surface area (Å²) in [5, 5.41) is 2.47. The number of ether oxygens (including phenoxy) is 1. The van der Waals surface area contributed by atoms with Crippen LogP contribution in [0.25, 0.3) is 5.69 Å². The number of esters is 1. The summed E-state index contributed by atoms with van der Waals surface area (Å²) < 4.78 is 34.5. The standard InChI is InChI=1S/C21H19F2N3O4/c1-12-18(20(28)26(25(12)3)17-7-5-4-6-8-17)24-19(27)13(2)30-21(29)14-9-15(22)11-16(23)10-14/h4-11,13H,1-3H3,(H,24,27)/t13-/m0/s1. The van der Waals surface area contributed by atoms with Crippen LogP contribution >= 0.6 is 0 Å². The summed E-state index contributed by atoms with van der Waals surface area (Å²) >= 11 is 0. The van der Waals surface area contributed by atoms with Crippen molar-refractivity contribution in [3.63, 3.8) is 0 Å². The highest BCUT2D eigenvalue weighted by molar-refractivity contribution is 5.97. The minimum atomic E-state index is -1.31. The van der Waals surface area contributed by atoms with Gasteiger partial charge in [0.1, 0.15) is 17.3 Å². The summed E-state index contributed by atoms with van der Waals surface area (Å²) in [6, 6.07) is 11.1. The summed E-state index contributed by atoms with van der Waals surface area (Å²) in [4.78, 5) is 37.4. The maximum Gasteiger partial charge on any atom is 0.339 e. The molecule has 0 radical (unpaired) electrons. The summed E-state index contributed by atoms with van der Waals surface area (Å²) in [7, 11) is 1.67. The summed E-state index contributed by atoms with van der Waals surface area (Å²) in [6.45, 7) is 2.94. The molecule has 1 aromatic heterocycles. The van der Waals surface area contributed by atoms with Gasteiger partial charge in [-0.3, -0.25) is 14.3 Å². The zero-order valence-electron chi connectivity index (χ0n) is 16.5. The molecule has 1 atom stereocenters.